The second-order valence-corrected chi connectivity index (χ2v) is 15.6. The van der Waals surface area contributed by atoms with E-state index in [-0.39, 0.29) is 23.7 Å². The second kappa shape index (κ2) is 28.5. The Hall–Kier alpha value is -4.63. The number of carbonyl (C=O) groups excluding carboxylic acids is 1. The molecule has 0 aliphatic heterocycles. The fourth-order valence-corrected chi connectivity index (χ4v) is 5.61. The minimum Gasteiger partial charge on any atom is -0.466 e. The van der Waals surface area contributed by atoms with Gasteiger partial charge in [-0.25, -0.2) is 22.0 Å². The zero-order valence-electron chi connectivity index (χ0n) is 39.2. The number of benzene rings is 4. The molecule has 5 unspecified atom stereocenters. The monoisotopic (exact) mass is 960 g/mol. The highest BCUT2D eigenvalue weighted by atomic mass is 19.4. The molecule has 0 fully saturated rings. The van der Waals surface area contributed by atoms with E-state index < -0.39 is 75.8 Å². The maximum absolute atomic E-state index is 13.1. The van der Waals surface area contributed by atoms with Crippen LogP contribution in [0.15, 0.2) is 72.8 Å². The summed E-state index contributed by atoms with van der Waals surface area (Å²) in [6, 6.07) is 16.7. The number of carbonyl (C=O) groups is 1. The average Bonchev–Trinajstić information content (AvgIpc) is 3.29. The molecule has 4 rings (SSSR count). The summed E-state index contributed by atoms with van der Waals surface area (Å²) >= 11 is 0. The van der Waals surface area contributed by atoms with Crippen LogP contribution in [0.25, 0.3) is 0 Å². The van der Waals surface area contributed by atoms with Crippen molar-refractivity contribution in [3.63, 3.8) is 0 Å². The molecule has 372 valence electrons. The molecule has 0 N–H and O–H groups in total. The maximum Gasteiger partial charge on any atom is 0.416 e. The Morgan fingerprint density at radius 1 is 0.470 bits per heavy atom. The van der Waals surface area contributed by atoms with Crippen LogP contribution < -0.4 is 0 Å². The SMILES string of the molecule is CCC(C)c1c(F)c(F)c(F)c(F)c1F.CCC(C)c1ccc(C(F)(F)F)cc1.CCC(C)c1cccc(C(F)(F)F)c1.CCC(C)c1ccccc1C(F)(F)F.CCOC(=O)C(C)CC. The number of alkyl halides is 9. The third kappa shape index (κ3) is 19.7. The lowest BCUT2D eigenvalue weighted by molar-refractivity contribution is -0.147. The third-order valence-corrected chi connectivity index (χ3v) is 10.9. The molecule has 0 radical (unpaired) electrons. The summed E-state index contributed by atoms with van der Waals surface area (Å²) in [4.78, 5) is 10.8. The summed E-state index contributed by atoms with van der Waals surface area (Å²) in [6.07, 6.45) is -9.05. The van der Waals surface area contributed by atoms with Crippen LogP contribution in [-0.2, 0) is 28.1 Å². The van der Waals surface area contributed by atoms with E-state index in [0.29, 0.717) is 30.9 Å². The standard InChI is InChI=1S/3C11H13F3.C10H9F5.C7H14O2/c1-3-8(2)9-4-6-10(7-5-9)11(12,13)14;1-3-8(2)9-5-4-6-10(7-9)11(12,13)14;1-3-8(2)9-6-4-5-7-10(9)11(12,13)14;1-3-4(2)5-6(11)8(13)10(15)9(14)7(5)12;1-4-6(3)7(8)9-5-2/h3*4-8H,3H2,1-2H3;4H,3H2,1-2H3;6H,4-5H2,1-3H3. The van der Waals surface area contributed by atoms with Crippen molar-refractivity contribution in [2.75, 3.05) is 6.61 Å². The highest BCUT2D eigenvalue weighted by Gasteiger charge is 2.34. The van der Waals surface area contributed by atoms with Crippen molar-refractivity contribution in [3.05, 3.63) is 141 Å². The van der Waals surface area contributed by atoms with Gasteiger partial charge >= 0.3 is 24.5 Å². The molecule has 2 nitrogen and oxygen atoms in total. The van der Waals surface area contributed by atoms with Crippen LogP contribution in [-0.4, -0.2) is 12.6 Å². The number of rotatable bonds is 11. The van der Waals surface area contributed by atoms with E-state index in [1.165, 1.54) is 25.1 Å². The first-order chi connectivity index (χ1) is 30.5. The lowest BCUT2D eigenvalue weighted by atomic mass is 9.93. The van der Waals surface area contributed by atoms with Crippen LogP contribution in [0, 0.1) is 35.0 Å². The predicted molar refractivity (Wildman–Crippen MR) is 231 cm³/mol. The topological polar surface area (TPSA) is 26.3 Å². The van der Waals surface area contributed by atoms with Crippen molar-refractivity contribution in [3.8, 4) is 0 Å². The molecule has 0 aliphatic rings. The molecule has 0 heterocycles. The van der Waals surface area contributed by atoms with Crippen molar-refractivity contribution in [1.82, 2.24) is 0 Å². The van der Waals surface area contributed by atoms with Crippen LogP contribution >= 0.6 is 0 Å². The van der Waals surface area contributed by atoms with Gasteiger partial charge in [-0.1, -0.05) is 118 Å². The summed E-state index contributed by atoms with van der Waals surface area (Å²) in [5.74, 6) is -9.64. The van der Waals surface area contributed by atoms with Crippen molar-refractivity contribution in [2.45, 2.75) is 150 Å². The fraction of sp³-hybridized carbons (Fsp3) is 0.500. The van der Waals surface area contributed by atoms with Gasteiger partial charge in [-0.2, -0.15) is 39.5 Å². The van der Waals surface area contributed by atoms with E-state index in [1.807, 2.05) is 62.3 Å². The Balaban J connectivity index is 0.000000807. The molecule has 0 spiro atoms. The first-order valence-electron chi connectivity index (χ1n) is 21.7. The van der Waals surface area contributed by atoms with Crippen LogP contribution in [0.4, 0.5) is 61.5 Å². The van der Waals surface area contributed by atoms with Gasteiger partial charge in [0.2, 0.25) is 5.82 Å². The van der Waals surface area contributed by atoms with Gasteiger partial charge in [-0.15, -0.1) is 0 Å². The minimum atomic E-state index is -4.24. The highest BCUT2D eigenvalue weighted by Crippen LogP contribution is 2.36. The summed E-state index contributed by atoms with van der Waals surface area (Å²) < 4.78 is 180. The summed E-state index contributed by atoms with van der Waals surface area (Å²) in [5.41, 5.74) is -0.284. The largest absolute Gasteiger partial charge is 0.466 e. The van der Waals surface area contributed by atoms with Gasteiger partial charge in [0.05, 0.1) is 29.2 Å². The normalized spacial score (nSPS) is 13.7. The molecule has 0 amide bonds. The van der Waals surface area contributed by atoms with Crippen molar-refractivity contribution >= 4 is 5.97 Å². The molecule has 4 aromatic rings. The van der Waals surface area contributed by atoms with Gasteiger partial charge in [0.15, 0.2) is 23.3 Å². The van der Waals surface area contributed by atoms with E-state index in [4.69, 9.17) is 4.74 Å². The summed E-state index contributed by atoms with van der Waals surface area (Å²) in [6.45, 7) is 20.8. The van der Waals surface area contributed by atoms with E-state index >= 15 is 0 Å². The molecule has 0 saturated heterocycles. The fourth-order valence-electron chi connectivity index (χ4n) is 5.61. The molecule has 0 saturated carbocycles. The molecule has 0 aliphatic carbocycles. The second-order valence-electron chi connectivity index (χ2n) is 15.6. The van der Waals surface area contributed by atoms with Crippen molar-refractivity contribution < 1.29 is 71.0 Å². The van der Waals surface area contributed by atoms with Gasteiger partial charge in [-0.05, 0) is 104 Å². The van der Waals surface area contributed by atoms with Crippen LogP contribution in [0.1, 0.15) is 171 Å². The van der Waals surface area contributed by atoms with E-state index in [0.717, 1.165) is 54.7 Å². The third-order valence-electron chi connectivity index (χ3n) is 10.9. The molecule has 5 atom stereocenters. The smallest absolute Gasteiger partial charge is 0.416 e. The Morgan fingerprint density at radius 3 is 1.32 bits per heavy atom. The van der Waals surface area contributed by atoms with Gasteiger partial charge in [0.25, 0.3) is 0 Å². The first kappa shape index (κ1) is 61.4. The maximum atomic E-state index is 13.1. The Bertz CT molecular complexity index is 1990. The first-order valence-corrected chi connectivity index (χ1v) is 21.7. The molecule has 0 bridgehead atoms. The number of hydrogen-bond donors (Lipinski definition) is 0. The van der Waals surface area contributed by atoms with E-state index in [9.17, 15) is 66.3 Å². The van der Waals surface area contributed by atoms with Gasteiger partial charge in [0.1, 0.15) is 0 Å². The Kier molecular flexibility index (Phi) is 26.5. The molecule has 16 heteroatoms. The number of ether oxygens (including phenoxy) is 1. The molecular weight excluding hydrogens is 899 g/mol. The van der Waals surface area contributed by atoms with Gasteiger partial charge in [0, 0.05) is 5.56 Å². The quantitative estimate of drug-likeness (QED) is 0.0648. The lowest BCUT2D eigenvalue weighted by Gasteiger charge is -2.16. The average molecular weight is 961 g/mol. The van der Waals surface area contributed by atoms with E-state index in [1.54, 1.807) is 37.3 Å². The number of esters is 1. The van der Waals surface area contributed by atoms with Crippen LogP contribution in [0.2, 0.25) is 0 Å². The highest BCUT2D eigenvalue weighted by molar-refractivity contribution is 5.71. The van der Waals surface area contributed by atoms with Gasteiger partial charge < -0.3 is 4.74 Å². The summed E-state index contributed by atoms with van der Waals surface area (Å²) in [5, 5.41) is 0. The Labute approximate surface area is 380 Å². The molecule has 66 heavy (non-hydrogen) atoms. The number of hydrogen-bond acceptors (Lipinski definition) is 2. The minimum absolute atomic E-state index is 0.0483. The zero-order valence-corrected chi connectivity index (χ0v) is 39.2. The predicted octanol–water partition coefficient (Wildman–Crippen LogP) is 18.1. The molecule has 4 aromatic carbocycles. The zero-order chi connectivity index (χ0) is 51.3. The lowest BCUT2D eigenvalue weighted by Crippen LogP contribution is -2.13. The number of halogens is 14. The molecular formula is C50H62F14O2. The van der Waals surface area contributed by atoms with Crippen molar-refractivity contribution in [2.24, 2.45) is 5.92 Å². The van der Waals surface area contributed by atoms with Crippen molar-refractivity contribution in [1.29, 1.82) is 0 Å². The molecule has 0 aromatic heterocycles. The Morgan fingerprint density at radius 2 is 0.909 bits per heavy atom. The van der Waals surface area contributed by atoms with E-state index in [2.05, 4.69) is 0 Å². The van der Waals surface area contributed by atoms with Crippen LogP contribution in [0.5, 0.6) is 0 Å². The summed E-state index contributed by atoms with van der Waals surface area (Å²) in [7, 11) is 0. The van der Waals surface area contributed by atoms with Crippen LogP contribution in [0.3, 0.4) is 0 Å². The van der Waals surface area contributed by atoms with Gasteiger partial charge in [-0.3, -0.25) is 4.79 Å².